The maximum absolute atomic E-state index is 13.4. The fourth-order valence-electron chi connectivity index (χ4n) is 4.37. The fourth-order valence-corrected chi connectivity index (χ4v) is 4.37. The molecule has 11 N–H and O–H groups in total. The van der Waals surface area contributed by atoms with Gasteiger partial charge in [-0.25, -0.2) is 4.79 Å². The molecule has 5 unspecified atom stereocenters. The average molecular weight is 573 g/mol. The van der Waals surface area contributed by atoms with Crippen molar-refractivity contribution in [3.8, 4) is 0 Å². The number of aliphatic carboxylic acids is 1. The molecule has 0 spiro atoms. The van der Waals surface area contributed by atoms with E-state index in [9.17, 15) is 24.3 Å². The highest BCUT2D eigenvalue weighted by Gasteiger charge is 2.34. The molecule has 13 heteroatoms. The van der Waals surface area contributed by atoms with Crippen LogP contribution < -0.4 is 33.2 Å². The summed E-state index contributed by atoms with van der Waals surface area (Å²) in [5.74, 6) is -3.58. The van der Waals surface area contributed by atoms with Crippen LogP contribution in [0.15, 0.2) is 35.5 Å². The number of nitrogens with two attached hydrogens (primary N) is 3. The minimum Gasteiger partial charge on any atom is -0.480 e. The van der Waals surface area contributed by atoms with Crippen LogP contribution in [0.4, 0.5) is 0 Å². The Morgan fingerprint density at radius 3 is 2.22 bits per heavy atom. The van der Waals surface area contributed by atoms with Gasteiger partial charge in [-0.05, 0) is 36.3 Å². The quantitative estimate of drug-likeness (QED) is 0.0791. The van der Waals surface area contributed by atoms with Gasteiger partial charge in [0, 0.05) is 30.1 Å². The molecule has 0 aliphatic carbocycles. The third-order valence-corrected chi connectivity index (χ3v) is 7.06. The molecule has 0 aliphatic rings. The predicted molar refractivity (Wildman–Crippen MR) is 158 cm³/mol. The van der Waals surface area contributed by atoms with E-state index in [0.717, 1.165) is 16.5 Å². The van der Waals surface area contributed by atoms with E-state index in [1.807, 2.05) is 31.2 Å². The van der Waals surface area contributed by atoms with Gasteiger partial charge in [0.15, 0.2) is 5.96 Å². The number of fused-ring (bicyclic) bond motifs is 1. The maximum Gasteiger partial charge on any atom is 0.326 e. The third kappa shape index (κ3) is 9.78. The van der Waals surface area contributed by atoms with E-state index >= 15 is 0 Å². The first kappa shape index (κ1) is 33.1. The highest BCUT2D eigenvalue weighted by Crippen LogP contribution is 2.19. The Morgan fingerprint density at radius 2 is 1.61 bits per heavy atom. The van der Waals surface area contributed by atoms with Gasteiger partial charge in [-0.15, -0.1) is 0 Å². The van der Waals surface area contributed by atoms with Gasteiger partial charge >= 0.3 is 5.97 Å². The first-order chi connectivity index (χ1) is 19.3. The Morgan fingerprint density at radius 1 is 0.976 bits per heavy atom. The Bertz CT molecular complexity index is 1220. The SMILES string of the molecule is CCC(C)C(NC(=O)C(N)CCCN=C(N)N)C(=O)NC(C(=O)NC(Cc1c[nH]c2ccccc12)C(=O)O)C(C)C. The van der Waals surface area contributed by atoms with Crippen LogP contribution in [-0.2, 0) is 25.6 Å². The van der Waals surface area contributed by atoms with Crippen molar-refractivity contribution < 1.29 is 24.3 Å². The molecular formula is C28H44N8O5. The van der Waals surface area contributed by atoms with Crippen LogP contribution in [0.5, 0.6) is 0 Å². The first-order valence-electron chi connectivity index (χ1n) is 13.9. The lowest BCUT2D eigenvalue weighted by atomic mass is 9.95. The number of para-hydroxylation sites is 1. The molecule has 13 nitrogen and oxygen atoms in total. The molecule has 0 saturated carbocycles. The number of hydrogen-bond donors (Lipinski definition) is 8. The summed E-state index contributed by atoms with van der Waals surface area (Å²) in [6.45, 7) is 7.48. The van der Waals surface area contributed by atoms with E-state index in [2.05, 4.69) is 25.9 Å². The normalized spacial score (nSPS) is 14.9. The molecule has 5 atom stereocenters. The van der Waals surface area contributed by atoms with Crippen molar-refractivity contribution in [1.82, 2.24) is 20.9 Å². The number of rotatable bonds is 16. The molecular weight excluding hydrogens is 528 g/mol. The van der Waals surface area contributed by atoms with Crippen molar-refractivity contribution in [3.05, 3.63) is 36.0 Å². The highest BCUT2D eigenvalue weighted by atomic mass is 16.4. The van der Waals surface area contributed by atoms with E-state index in [1.54, 1.807) is 27.0 Å². The second-order valence-corrected chi connectivity index (χ2v) is 10.6. The number of carbonyl (C=O) groups is 4. The summed E-state index contributed by atoms with van der Waals surface area (Å²) in [5, 5.41) is 18.7. The molecule has 0 bridgehead atoms. The average Bonchev–Trinajstić information content (AvgIpc) is 3.33. The van der Waals surface area contributed by atoms with Crippen LogP contribution in [0.1, 0.15) is 52.5 Å². The zero-order chi connectivity index (χ0) is 30.7. The minimum atomic E-state index is -1.22. The number of benzene rings is 1. The fraction of sp³-hybridized carbons (Fsp3) is 0.536. The number of aromatic nitrogens is 1. The smallest absolute Gasteiger partial charge is 0.326 e. The molecule has 1 heterocycles. The van der Waals surface area contributed by atoms with Gasteiger partial charge in [-0.2, -0.15) is 0 Å². The van der Waals surface area contributed by atoms with Crippen molar-refractivity contribution in [1.29, 1.82) is 0 Å². The molecule has 41 heavy (non-hydrogen) atoms. The first-order valence-corrected chi connectivity index (χ1v) is 13.9. The van der Waals surface area contributed by atoms with Gasteiger partial charge in [0.05, 0.1) is 6.04 Å². The Hall–Kier alpha value is -4.13. The van der Waals surface area contributed by atoms with Crippen LogP contribution in [0, 0.1) is 11.8 Å². The van der Waals surface area contributed by atoms with Crippen LogP contribution in [0.25, 0.3) is 10.9 Å². The van der Waals surface area contributed by atoms with Crippen LogP contribution >= 0.6 is 0 Å². The molecule has 226 valence electrons. The Labute approximate surface area is 240 Å². The third-order valence-electron chi connectivity index (χ3n) is 7.06. The number of nitrogens with one attached hydrogen (secondary N) is 4. The summed E-state index contributed by atoms with van der Waals surface area (Å²) in [6, 6.07) is 3.38. The van der Waals surface area contributed by atoms with E-state index in [1.165, 1.54) is 0 Å². The Balaban J connectivity index is 2.11. The van der Waals surface area contributed by atoms with Crippen LogP contribution in [0.2, 0.25) is 0 Å². The Kier molecular flexibility index (Phi) is 12.6. The minimum absolute atomic E-state index is 0.0482. The van der Waals surface area contributed by atoms with Crippen LogP contribution in [-0.4, -0.2) is 70.5 Å². The topological polar surface area (TPSA) is 231 Å². The summed E-state index contributed by atoms with van der Waals surface area (Å²) < 4.78 is 0. The van der Waals surface area contributed by atoms with Gasteiger partial charge in [-0.1, -0.05) is 52.3 Å². The lowest BCUT2D eigenvalue weighted by Crippen LogP contribution is -2.59. The zero-order valence-corrected chi connectivity index (χ0v) is 24.1. The van der Waals surface area contributed by atoms with Gasteiger partial charge in [-0.3, -0.25) is 19.4 Å². The largest absolute Gasteiger partial charge is 0.480 e. The van der Waals surface area contributed by atoms with Crippen molar-refractivity contribution in [2.24, 2.45) is 34.0 Å². The maximum atomic E-state index is 13.4. The van der Waals surface area contributed by atoms with Gasteiger partial charge in [0.25, 0.3) is 0 Å². The number of nitrogens with zero attached hydrogens (tertiary/aromatic N) is 1. The number of aliphatic imine (C=N–C) groups is 1. The van der Waals surface area contributed by atoms with Crippen molar-refractivity contribution in [3.63, 3.8) is 0 Å². The zero-order valence-electron chi connectivity index (χ0n) is 24.1. The number of aromatic amines is 1. The standard InChI is InChI=1S/C28H44N8O5/c1-5-16(4)23(36-24(37)19(29)10-8-12-32-28(30)31)26(39)35-22(15(2)3)25(38)34-21(27(40)41)13-17-14-33-20-11-7-6-9-18(17)20/h6-7,9,11,14-16,19,21-23,33H,5,8,10,12-13,29H2,1-4H3,(H,34,38)(H,35,39)(H,36,37)(H,40,41)(H4,30,31,32). The van der Waals surface area contributed by atoms with Crippen LogP contribution in [0.3, 0.4) is 0 Å². The number of hydrogen-bond acceptors (Lipinski definition) is 6. The molecule has 0 saturated heterocycles. The van der Waals surface area contributed by atoms with Gasteiger partial charge in [0.2, 0.25) is 17.7 Å². The number of carbonyl (C=O) groups excluding carboxylic acids is 3. The summed E-state index contributed by atoms with van der Waals surface area (Å²) in [7, 11) is 0. The molecule has 1 aromatic heterocycles. The summed E-state index contributed by atoms with van der Waals surface area (Å²) in [5.41, 5.74) is 18.2. The predicted octanol–water partition coefficient (Wildman–Crippen LogP) is 0.332. The number of guanidine groups is 1. The van der Waals surface area contributed by atoms with Crippen molar-refractivity contribution in [2.45, 2.75) is 77.5 Å². The molecule has 2 rings (SSSR count). The van der Waals surface area contributed by atoms with E-state index in [4.69, 9.17) is 17.2 Å². The molecule has 1 aromatic carbocycles. The number of carboxylic acids is 1. The number of H-pyrrole nitrogens is 1. The molecule has 3 amide bonds. The van der Waals surface area contributed by atoms with E-state index in [0.29, 0.717) is 25.8 Å². The number of carboxylic acid groups (broad SMARTS) is 1. The van der Waals surface area contributed by atoms with Gasteiger partial charge < -0.3 is 43.2 Å². The lowest BCUT2D eigenvalue weighted by Gasteiger charge is -2.29. The summed E-state index contributed by atoms with van der Waals surface area (Å²) in [6.07, 6.45) is 3.13. The van der Waals surface area contributed by atoms with Gasteiger partial charge in [0.1, 0.15) is 18.1 Å². The second kappa shape index (κ2) is 15.6. The van der Waals surface area contributed by atoms with Crippen molar-refractivity contribution in [2.75, 3.05) is 6.54 Å². The van der Waals surface area contributed by atoms with E-state index in [-0.39, 0.29) is 24.2 Å². The second-order valence-electron chi connectivity index (χ2n) is 10.6. The number of amides is 3. The summed E-state index contributed by atoms with van der Waals surface area (Å²) in [4.78, 5) is 58.5. The molecule has 2 aromatic rings. The molecule has 0 fully saturated rings. The molecule has 0 aliphatic heterocycles. The van der Waals surface area contributed by atoms with Crippen molar-refractivity contribution >= 4 is 40.6 Å². The summed E-state index contributed by atoms with van der Waals surface area (Å²) >= 11 is 0. The van der Waals surface area contributed by atoms with E-state index < -0.39 is 47.9 Å². The lowest BCUT2D eigenvalue weighted by molar-refractivity contribution is -0.142. The molecule has 0 radical (unpaired) electrons. The highest BCUT2D eigenvalue weighted by molar-refractivity contribution is 5.94. The monoisotopic (exact) mass is 572 g/mol.